The molecule has 1 aromatic heterocycles. The Morgan fingerprint density at radius 2 is 1.95 bits per heavy atom. The van der Waals surface area contributed by atoms with E-state index in [1.165, 1.54) is 23.8 Å². The summed E-state index contributed by atoms with van der Waals surface area (Å²) < 4.78 is 4.69. The van der Waals surface area contributed by atoms with Crippen LogP contribution >= 0.6 is 11.3 Å². The monoisotopic (exact) mass is 269 g/mol. The number of thiazole rings is 1. The van der Waals surface area contributed by atoms with Crippen molar-refractivity contribution in [3.05, 3.63) is 53.5 Å². The lowest BCUT2D eigenvalue weighted by molar-refractivity contribution is 0.0606. The molecule has 3 rings (SSSR count). The second kappa shape index (κ2) is 4.82. The number of esters is 1. The second-order valence-electron chi connectivity index (χ2n) is 4.08. The fourth-order valence-electron chi connectivity index (χ4n) is 1.92. The van der Waals surface area contributed by atoms with Gasteiger partial charge in [-0.3, -0.25) is 0 Å². The third-order valence-corrected chi connectivity index (χ3v) is 3.92. The van der Waals surface area contributed by atoms with E-state index < -0.39 is 0 Å². The fourth-order valence-corrected chi connectivity index (χ4v) is 2.76. The van der Waals surface area contributed by atoms with Crippen LogP contribution in [0.2, 0.25) is 0 Å². The zero-order valence-electron chi connectivity index (χ0n) is 10.3. The van der Waals surface area contributed by atoms with Crippen LogP contribution < -0.4 is 0 Å². The van der Waals surface area contributed by atoms with Crippen LogP contribution in [-0.4, -0.2) is 18.1 Å². The van der Waals surface area contributed by atoms with Gasteiger partial charge in [0.15, 0.2) is 0 Å². The van der Waals surface area contributed by atoms with E-state index in [1.807, 2.05) is 18.2 Å². The van der Waals surface area contributed by atoms with Crippen LogP contribution in [0.3, 0.4) is 0 Å². The predicted molar refractivity (Wildman–Crippen MR) is 76.4 cm³/mol. The van der Waals surface area contributed by atoms with Crippen molar-refractivity contribution < 1.29 is 9.53 Å². The molecule has 1 heterocycles. The molecule has 0 radical (unpaired) electrons. The number of rotatable bonds is 2. The smallest absolute Gasteiger partial charge is 0.349 e. The summed E-state index contributed by atoms with van der Waals surface area (Å²) in [5.74, 6) is -0.343. The zero-order valence-corrected chi connectivity index (χ0v) is 11.1. The average Bonchev–Trinajstić information content (AvgIpc) is 2.95. The van der Waals surface area contributed by atoms with E-state index in [4.69, 9.17) is 0 Å². The molecule has 2 aromatic carbocycles. The molecule has 0 N–H and O–H groups in total. The van der Waals surface area contributed by atoms with Crippen LogP contribution in [0.1, 0.15) is 9.67 Å². The van der Waals surface area contributed by atoms with Crippen LogP contribution in [0.5, 0.6) is 0 Å². The molecule has 3 nitrogen and oxygen atoms in total. The quantitative estimate of drug-likeness (QED) is 0.665. The highest BCUT2D eigenvalue weighted by Crippen LogP contribution is 2.28. The summed E-state index contributed by atoms with van der Waals surface area (Å²) in [5, 5.41) is 3.18. The first-order valence-corrected chi connectivity index (χ1v) is 6.63. The lowest BCUT2D eigenvalue weighted by atomic mass is 10.1. The van der Waals surface area contributed by atoms with Crippen LogP contribution in [0, 0.1) is 0 Å². The summed E-state index contributed by atoms with van der Waals surface area (Å²) in [7, 11) is 1.37. The van der Waals surface area contributed by atoms with Crippen LogP contribution in [0.25, 0.3) is 21.3 Å². The molecule has 0 spiro atoms. The number of carbonyl (C=O) groups excluding carboxylic acids is 1. The predicted octanol–water partition coefficient (Wildman–Crippen LogP) is 3.75. The largest absolute Gasteiger partial charge is 0.465 e. The normalized spacial score (nSPS) is 10.6. The van der Waals surface area contributed by atoms with Gasteiger partial charge in [0.25, 0.3) is 0 Å². The highest BCUT2D eigenvalue weighted by Gasteiger charge is 2.11. The van der Waals surface area contributed by atoms with E-state index in [0.717, 1.165) is 16.0 Å². The first kappa shape index (κ1) is 11.9. The van der Waals surface area contributed by atoms with Gasteiger partial charge >= 0.3 is 5.97 Å². The van der Waals surface area contributed by atoms with E-state index in [-0.39, 0.29) is 5.97 Å². The highest BCUT2D eigenvalue weighted by atomic mass is 32.1. The maximum atomic E-state index is 11.4. The van der Waals surface area contributed by atoms with E-state index in [1.54, 1.807) is 6.20 Å². The minimum Gasteiger partial charge on any atom is -0.465 e. The Labute approximate surface area is 114 Å². The number of ether oxygens (including phenoxy) is 1. The summed E-state index contributed by atoms with van der Waals surface area (Å²) in [6.07, 6.45) is 1.56. The maximum Gasteiger partial charge on any atom is 0.349 e. The number of carbonyl (C=O) groups is 1. The molecule has 0 amide bonds. The number of nitrogens with zero attached hydrogens (tertiary/aromatic N) is 1. The minimum absolute atomic E-state index is 0.343. The molecule has 0 fully saturated rings. The molecule has 0 aliphatic rings. The van der Waals surface area contributed by atoms with Crippen molar-refractivity contribution in [2.24, 2.45) is 0 Å². The van der Waals surface area contributed by atoms with Gasteiger partial charge < -0.3 is 4.74 Å². The van der Waals surface area contributed by atoms with Gasteiger partial charge in [-0.15, -0.1) is 11.3 Å². The molecule has 0 bridgehead atoms. The standard InChI is InChI=1S/C15H11NO2S/c1-18-15(17)13-9-16-14(19-13)12-7-6-10-4-2-3-5-11(10)8-12/h2-9H,1H3. The van der Waals surface area contributed by atoms with Gasteiger partial charge in [0.05, 0.1) is 13.3 Å². The van der Waals surface area contributed by atoms with Crippen LogP contribution in [0.4, 0.5) is 0 Å². The van der Waals surface area contributed by atoms with Crippen molar-refractivity contribution in [2.75, 3.05) is 7.11 Å². The Morgan fingerprint density at radius 1 is 1.16 bits per heavy atom. The van der Waals surface area contributed by atoms with Crippen molar-refractivity contribution in [3.8, 4) is 10.6 Å². The van der Waals surface area contributed by atoms with Crippen molar-refractivity contribution in [3.63, 3.8) is 0 Å². The van der Waals surface area contributed by atoms with Crippen LogP contribution in [0.15, 0.2) is 48.7 Å². The molecule has 0 aliphatic heterocycles. The maximum absolute atomic E-state index is 11.4. The van der Waals surface area contributed by atoms with Gasteiger partial charge in [0.2, 0.25) is 0 Å². The Morgan fingerprint density at radius 3 is 2.74 bits per heavy atom. The molecule has 0 atom stereocenters. The molecule has 94 valence electrons. The average molecular weight is 269 g/mol. The highest BCUT2D eigenvalue weighted by molar-refractivity contribution is 7.16. The third kappa shape index (κ3) is 2.22. The molecule has 0 saturated carbocycles. The SMILES string of the molecule is COC(=O)c1cnc(-c2ccc3ccccc3c2)s1. The van der Waals surface area contributed by atoms with Gasteiger partial charge in [-0.05, 0) is 16.8 Å². The van der Waals surface area contributed by atoms with Gasteiger partial charge in [-0.2, -0.15) is 0 Å². The first-order valence-electron chi connectivity index (χ1n) is 5.81. The van der Waals surface area contributed by atoms with Gasteiger partial charge in [0, 0.05) is 5.56 Å². The van der Waals surface area contributed by atoms with E-state index in [2.05, 4.69) is 34.0 Å². The first-order chi connectivity index (χ1) is 9.28. The van der Waals surface area contributed by atoms with Gasteiger partial charge in [-0.1, -0.05) is 36.4 Å². The number of fused-ring (bicyclic) bond motifs is 1. The van der Waals surface area contributed by atoms with Crippen LogP contribution in [-0.2, 0) is 4.74 Å². The summed E-state index contributed by atoms with van der Waals surface area (Å²) in [6.45, 7) is 0. The molecule has 0 saturated heterocycles. The second-order valence-corrected chi connectivity index (χ2v) is 5.11. The number of benzene rings is 2. The summed E-state index contributed by atoms with van der Waals surface area (Å²) in [4.78, 5) is 16.2. The summed E-state index contributed by atoms with van der Waals surface area (Å²) >= 11 is 1.34. The topological polar surface area (TPSA) is 39.2 Å². The Bertz CT molecular complexity index is 748. The molecule has 0 aliphatic carbocycles. The van der Waals surface area contributed by atoms with Crippen molar-refractivity contribution in [1.29, 1.82) is 0 Å². The lowest BCUT2D eigenvalue weighted by Crippen LogP contribution is -1.96. The lowest BCUT2D eigenvalue weighted by Gasteiger charge is -2.00. The Kier molecular flexibility index (Phi) is 3.01. The minimum atomic E-state index is -0.343. The number of methoxy groups -OCH3 is 1. The van der Waals surface area contributed by atoms with E-state index in [0.29, 0.717) is 4.88 Å². The van der Waals surface area contributed by atoms with Crippen molar-refractivity contribution in [2.45, 2.75) is 0 Å². The molecule has 4 heteroatoms. The van der Waals surface area contributed by atoms with Crippen molar-refractivity contribution in [1.82, 2.24) is 4.98 Å². The Hall–Kier alpha value is -2.20. The van der Waals surface area contributed by atoms with E-state index in [9.17, 15) is 4.79 Å². The van der Waals surface area contributed by atoms with Crippen molar-refractivity contribution >= 4 is 28.1 Å². The summed E-state index contributed by atoms with van der Waals surface area (Å²) in [6, 6.07) is 14.3. The number of hydrogen-bond donors (Lipinski definition) is 0. The van der Waals surface area contributed by atoms with Gasteiger partial charge in [-0.25, -0.2) is 9.78 Å². The third-order valence-electron chi connectivity index (χ3n) is 2.89. The number of hydrogen-bond acceptors (Lipinski definition) is 4. The molecule has 3 aromatic rings. The van der Waals surface area contributed by atoms with Gasteiger partial charge in [0.1, 0.15) is 9.88 Å². The molecule has 19 heavy (non-hydrogen) atoms. The number of aromatic nitrogens is 1. The molecule has 0 unspecified atom stereocenters. The summed E-state index contributed by atoms with van der Waals surface area (Å²) in [5.41, 5.74) is 1.01. The molecular formula is C15H11NO2S. The zero-order chi connectivity index (χ0) is 13.2. The molecular weight excluding hydrogens is 258 g/mol. The Balaban J connectivity index is 2.04. The fraction of sp³-hybridized carbons (Fsp3) is 0.0667. The van der Waals surface area contributed by atoms with E-state index >= 15 is 0 Å².